The van der Waals surface area contributed by atoms with Gasteiger partial charge in [-0.15, -0.1) is 0 Å². The van der Waals surface area contributed by atoms with Crippen LogP contribution in [0.5, 0.6) is 0 Å². The molecule has 0 aromatic carbocycles. The third-order valence-corrected chi connectivity index (χ3v) is 4.58. The van der Waals surface area contributed by atoms with Gasteiger partial charge in [0.1, 0.15) is 0 Å². The highest BCUT2D eigenvalue weighted by atomic mass is 15.3. The Morgan fingerprint density at radius 3 is 1.38 bits per heavy atom. The summed E-state index contributed by atoms with van der Waals surface area (Å²) in [5.41, 5.74) is 5.59. The molecular formula is C19H43N2+. The Bertz CT molecular complexity index is 202. The van der Waals surface area contributed by atoms with Crippen LogP contribution in [0, 0.1) is 0 Å². The molecule has 0 aromatic heterocycles. The quantitative estimate of drug-likeness (QED) is 0.311. The lowest BCUT2D eigenvalue weighted by molar-refractivity contribution is -0.890. The van der Waals surface area contributed by atoms with E-state index in [9.17, 15) is 0 Å². The summed E-state index contributed by atoms with van der Waals surface area (Å²) in [6.07, 6.45) is 18.4. The molecule has 2 nitrogen and oxygen atoms in total. The fourth-order valence-electron chi connectivity index (χ4n) is 3.01. The van der Waals surface area contributed by atoms with Gasteiger partial charge in [0.25, 0.3) is 0 Å². The summed E-state index contributed by atoms with van der Waals surface area (Å²) in [6.45, 7) is 5.67. The smallest absolute Gasteiger partial charge is 0.0794 e. The summed E-state index contributed by atoms with van der Waals surface area (Å²) >= 11 is 0. The van der Waals surface area contributed by atoms with Crippen LogP contribution in [0.15, 0.2) is 0 Å². The van der Waals surface area contributed by atoms with Crippen molar-refractivity contribution in [3.8, 4) is 0 Å². The van der Waals surface area contributed by atoms with Crippen LogP contribution >= 0.6 is 0 Å². The van der Waals surface area contributed by atoms with Gasteiger partial charge in [-0.1, -0.05) is 71.1 Å². The molecule has 21 heavy (non-hydrogen) atoms. The zero-order valence-electron chi connectivity index (χ0n) is 15.3. The second kappa shape index (κ2) is 14.8. The van der Waals surface area contributed by atoms with Gasteiger partial charge in [-0.25, -0.2) is 0 Å². The van der Waals surface area contributed by atoms with Crippen molar-refractivity contribution in [3.05, 3.63) is 0 Å². The molecule has 0 aliphatic heterocycles. The minimum atomic E-state index is 0.833. The molecule has 2 N–H and O–H groups in total. The third-order valence-electron chi connectivity index (χ3n) is 4.58. The highest BCUT2D eigenvalue weighted by Gasteiger charge is 2.12. The van der Waals surface area contributed by atoms with Crippen LogP contribution in [0.2, 0.25) is 0 Å². The van der Waals surface area contributed by atoms with Crippen LogP contribution in [0.4, 0.5) is 0 Å². The van der Waals surface area contributed by atoms with E-state index < -0.39 is 0 Å². The van der Waals surface area contributed by atoms with Gasteiger partial charge in [0, 0.05) is 6.42 Å². The maximum atomic E-state index is 5.59. The largest absolute Gasteiger partial charge is 0.330 e. The fourth-order valence-corrected chi connectivity index (χ4v) is 3.01. The highest BCUT2D eigenvalue weighted by molar-refractivity contribution is 4.49. The summed E-state index contributed by atoms with van der Waals surface area (Å²) < 4.78 is 1.15. The van der Waals surface area contributed by atoms with Crippen LogP contribution in [0.3, 0.4) is 0 Å². The first-order chi connectivity index (χ1) is 10.1. The lowest BCUT2D eigenvalue weighted by atomic mass is 10.1. The first-order valence-electron chi connectivity index (χ1n) is 9.64. The molecule has 128 valence electrons. The SMILES string of the molecule is CCCCCCCCCCCCCC[N+](C)(C)CCCN. The molecular weight excluding hydrogens is 256 g/mol. The van der Waals surface area contributed by atoms with Gasteiger partial charge in [0.2, 0.25) is 0 Å². The number of nitrogens with two attached hydrogens (primary N) is 1. The number of hydrogen-bond donors (Lipinski definition) is 1. The van der Waals surface area contributed by atoms with Gasteiger partial charge in [0.15, 0.2) is 0 Å². The van der Waals surface area contributed by atoms with Crippen molar-refractivity contribution >= 4 is 0 Å². The average Bonchev–Trinajstić information content (AvgIpc) is 2.46. The Morgan fingerprint density at radius 2 is 0.952 bits per heavy atom. The Kier molecular flexibility index (Phi) is 14.8. The fraction of sp³-hybridized carbons (Fsp3) is 1.00. The van der Waals surface area contributed by atoms with E-state index in [0.29, 0.717) is 0 Å². The maximum absolute atomic E-state index is 5.59. The Hall–Kier alpha value is -0.0800. The standard InChI is InChI=1S/C19H43N2/c1-4-5-6-7-8-9-10-11-12-13-14-15-18-21(2,3)19-16-17-20/h4-20H2,1-3H3/q+1. The first-order valence-corrected chi connectivity index (χ1v) is 9.64. The minimum Gasteiger partial charge on any atom is -0.330 e. The second-order valence-corrected chi connectivity index (χ2v) is 7.41. The molecule has 0 atom stereocenters. The number of rotatable bonds is 16. The first kappa shape index (κ1) is 20.9. The van der Waals surface area contributed by atoms with E-state index in [0.717, 1.165) is 17.4 Å². The predicted molar refractivity (Wildman–Crippen MR) is 96.6 cm³/mol. The number of unbranched alkanes of at least 4 members (excludes halogenated alkanes) is 11. The number of nitrogens with zero attached hydrogens (tertiary/aromatic N) is 1. The molecule has 0 spiro atoms. The van der Waals surface area contributed by atoms with E-state index in [4.69, 9.17) is 5.73 Å². The van der Waals surface area contributed by atoms with E-state index in [-0.39, 0.29) is 0 Å². The zero-order valence-corrected chi connectivity index (χ0v) is 15.3. The molecule has 0 aliphatic carbocycles. The van der Waals surface area contributed by atoms with Crippen LogP contribution in [0.25, 0.3) is 0 Å². The molecule has 0 unspecified atom stereocenters. The van der Waals surface area contributed by atoms with Gasteiger partial charge < -0.3 is 10.2 Å². The molecule has 0 saturated heterocycles. The summed E-state index contributed by atoms with van der Waals surface area (Å²) in [7, 11) is 4.68. The van der Waals surface area contributed by atoms with Crippen LogP contribution in [-0.2, 0) is 0 Å². The molecule has 0 heterocycles. The van der Waals surface area contributed by atoms with Crippen LogP contribution in [0.1, 0.15) is 90.4 Å². The van der Waals surface area contributed by atoms with Gasteiger partial charge in [-0.3, -0.25) is 0 Å². The zero-order chi connectivity index (χ0) is 15.8. The van der Waals surface area contributed by atoms with E-state index in [2.05, 4.69) is 21.0 Å². The summed E-state index contributed by atoms with van der Waals surface area (Å²) in [5, 5.41) is 0. The van der Waals surface area contributed by atoms with Crippen molar-refractivity contribution in [2.75, 3.05) is 33.7 Å². The van der Waals surface area contributed by atoms with Crippen molar-refractivity contribution in [3.63, 3.8) is 0 Å². The lowest BCUT2D eigenvalue weighted by Crippen LogP contribution is -2.41. The summed E-state index contributed by atoms with van der Waals surface area (Å²) in [4.78, 5) is 0. The molecule has 0 aromatic rings. The number of hydrogen-bond acceptors (Lipinski definition) is 1. The molecule has 0 fully saturated rings. The van der Waals surface area contributed by atoms with Gasteiger partial charge in [0.05, 0.1) is 27.2 Å². The van der Waals surface area contributed by atoms with E-state index in [1.165, 1.54) is 90.1 Å². The molecule has 0 rings (SSSR count). The molecule has 0 saturated carbocycles. The predicted octanol–water partition coefficient (Wildman–Crippen LogP) is 5.11. The van der Waals surface area contributed by atoms with Crippen molar-refractivity contribution in [2.45, 2.75) is 90.4 Å². The van der Waals surface area contributed by atoms with E-state index in [1.54, 1.807) is 0 Å². The van der Waals surface area contributed by atoms with E-state index in [1.807, 2.05) is 0 Å². The van der Waals surface area contributed by atoms with Crippen molar-refractivity contribution in [1.82, 2.24) is 0 Å². The van der Waals surface area contributed by atoms with Gasteiger partial charge >= 0.3 is 0 Å². The van der Waals surface area contributed by atoms with E-state index >= 15 is 0 Å². The van der Waals surface area contributed by atoms with Gasteiger partial charge in [-0.05, 0) is 19.4 Å². The third kappa shape index (κ3) is 16.1. The molecule has 0 radical (unpaired) electrons. The molecule has 0 aliphatic rings. The van der Waals surface area contributed by atoms with Crippen LogP contribution in [-0.4, -0.2) is 38.2 Å². The van der Waals surface area contributed by atoms with Crippen LogP contribution < -0.4 is 5.73 Å². The maximum Gasteiger partial charge on any atom is 0.0794 e. The minimum absolute atomic E-state index is 0.833. The lowest BCUT2D eigenvalue weighted by Gasteiger charge is -2.29. The average molecular weight is 300 g/mol. The van der Waals surface area contributed by atoms with Crippen molar-refractivity contribution in [2.24, 2.45) is 5.73 Å². The molecule has 0 bridgehead atoms. The van der Waals surface area contributed by atoms with Gasteiger partial charge in [-0.2, -0.15) is 0 Å². The topological polar surface area (TPSA) is 26.0 Å². The summed E-state index contributed by atoms with van der Waals surface area (Å²) in [6, 6.07) is 0. The Balaban J connectivity index is 3.18. The molecule has 2 heteroatoms. The monoisotopic (exact) mass is 299 g/mol. The normalized spacial score (nSPS) is 12.0. The Morgan fingerprint density at radius 1 is 0.571 bits per heavy atom. The molecule has 0 amide bonds. The van der Waals surface area contributed by atoms with Crippen molar-refractivity contribution in [1.29, 1.82) is 0 Å². The second-order valence-electron chi connectivity index (χ2n) is 7.41. The Labute approximate surface area is 135 Å². The highest BCUT2D eigenvalue weighted by Crippen LogP contribution is 2.12. The number of quaternary nitrogens is 1. The van der Waals surface area contributed by atoms with Crippen molar-refractivity contribution < 1.29 is 4.48 Å². The summed E-state index contributed by atoms with van der Waals surface area (Å²) in [5.74, 6) is 0.